The number of para-hydroxylation sites is 2. The summed E-state index contributed by atoms with van der Waals surface area (Å²) in [6, 6.07) is 33.9. The smallest absolute Gasteiger partial charge is 0.132 e. The molecule has 42 heavy (non-hydrogen) atoms. The molecular weight excluding hydrogens is 512 g/mol. The highest BCUT2D eigenvalue weighted by atomic mass is 16.5. The van der Waals surface area contributed by atoms with Crippen molar-refractivity contribution in [1.29, 1.82) is 5.26 Å². The van der Waals surface area contributed by atoms with E-state index >= 15 is 0 Å². The Bertz CT molecular complexity index is 2120. The summed E-state index contributed by atoms with van der Waals surface area (Å²) in [5.74, 6) is 2.29. The van der Waals surface area contributed by atoms with Crippen LogP contribution in [-0.4, -0.2) is 4.57 Å². The Kier molecular flexibility index (Phi) is 4.88. The van der Waals surface area contributed by atoms with E-state index in [1.165, 1.54) is 55.2 Å². The molecular formula is C39H30N2O. The SMILES string of the molecule is CC1CC=CC2=C1C1(c3ccccc3Oc3cc4c5ccccc5n(C5CC=C(C#N)CC5)c4cc31)c1ccccc12. The van der Waals surface area contributed by atoms with Crippen LogP contribution in [0.2, 0.25) is 0 Å². The molecule has 1 aromatic heterocycles. The molecule has 2 heterocycles. The number of nitrogens with zero attached hydrogens (tertiary/aromatic N) is 2. The summed E-state index contributed by atoms with van der Waals surface area (Å²) in [5.41, 5.74) is 11.0. The van der Waals surface area contributed by atoms with Crippen LogP contribution in [0.25, 0.3) is 27.4 Å². The summed E-state index contributed by atoms with van der Waals surface area (Å²) >= 11 is 0. The van der Waals surface area contributed by atoms with E-state index in [4.69, 9.17) is 4.74 Å². The van der Waals surface area contributed by atoms with Gasteiger partial charge in [-0.15, -0.1) is 0 Å². The van der Waals surface area contributed by atoms with Crippen molar-refractivity contribution in [2.45, 2.75) is 44.1 Å². The normalized spacial score (nSPS) is 23.7. The number of rotatable bonds is 1. The van der Waals surface area contributed by atoms with Gasteiger partial charge in [-0.1, -0.05) is 85.8 Å². The Hall–Kier alpha value is -4.81. The van der Waals surface area contributed by atoms with Gasteiger partial charge in [0.05, 0.1) is 11.5 Å². The van der Waals surface area contributed by atoms with Crippen molar-refractivity contribution >= 4 is 27.4 Å². The number of hydrogen-bond donors (Lipinski definition) is 0. The molecule has 202 valence electrons. The highest BCUT2D eigenvalue weighted by Crippen LogP contribution is 2.64. The predicted octanol–water partition coefficient (Wildman–Crippen LogP) is 9.77. The molecule has 3 unspecified atom stereocenters. The number of ether oxygens (including phenoxy) is 1. The van der Waals surface area contributed by atoms with Crippen molar-refractivity contribution < 1.29 is 4.74 Å². The molecule has 9 rings (SSSR count). The van der Waals surface area contributed by atoms with Gasteiger partial charge in [-0.2, -0.15) is 5.26 Å². The van der Waals surface area contributed by atoms with Gasteiger partial charge in [0.2, 0.25) is 0 Å². The zero-order valence-electron chi connectivity index (χ0n) is 23.6. The molecule has 1 spiro atoms. The second-order valence-corrected chi connectivity index (χ2v) is 12.3. The zero-order valence-corrected chi connectivity index (χ0v) is 23.6. The number of nitriles is 1. The fourth-order valence-electron chi connectivity index (χ4n) is 8.52. The third-order valence-corrected chi connectivity index (χ3v) is 10.2. The first kappa shape index (κ1) is 23.9. The molecule has 3 heteroatoms. The topological polar surface area (TPSA) is 38.0 Å². The van der Waals surface area contributed by atoms with Gasteiger partial charge in [-0.25, -0.2) is 0 Å². The fourth-order valence-corrected chi connectivity index (χ4v) is 8.52. The van der Waals surface area contributed by atoms with Crippen molar-refractivity contribution in [1.82, 2.24) is 4.57 Å². The van der Waals surface area contributed by atoms with Crippen molar-refractivity contribution in [3.8, 4) is 17.6 Å². The van der Waals surface area contributed by atoms with Crippen molar-refractivity contribution in [3.05, 3.63) is 137 Å². The maximum Gasteiger partial charge on any atom is 0.132 e. The summed E-state index contributed by atoms with van der Waals surface area (Å²) in [6.45, 7) is 2.39. The second kappa shape index (κ2) is 8.60. The molecule has 0 saturated carbocycles. The second-order valence-electron chi connectivity index (χ2n) is 12.3. The Morgan fingerprint density at radius 3 is 2.50 bits per heavy atom. The lowest BCUT2D eigenvalue weighted by Crippen LogP contribution is -2.35. The van der Waals surface area contributed by atoms with E-state index in [-0.39, 0.29) is 0 Å². The summed E-state index contributed by atoms with van der Waals surface area (Å²) in [6.07, 6.45) is 10.6. The molecule has 3 atom stereocenters. The van der Waals surface area contributed by atoms with Crippen LogP contribution in [0, 0.1) is 17.2 Å². The monoisotopic (exact) mass is 542 g/mol. The van der Waals surface area contributed by atoms with Gasteiger partial charge in [-0.3, -0.25) is 0 Å². The van der Waals surface area contributed by atoms with E-state index < -0.39 is 5.41 Å². The first-order chi connectivity index (χ1) is 20.7. The number of benzene rings is 4. The van der Waals surface area contributed by atoms with Crippen LogP contribution in [0.15, 0.2) is 114 Å². The van der Waals surface area contributed by atoms with Crippen LogP contribution in [0.1, 0.15) is 60.9 Å². The Morgan fingerprint density at radius 2 is 1.64 bits per heavy atom. The van der Waals surface area contributed by atoms with E-state index in [0.717, 1.165) is 42.8 Å². The third kappa shape index (κ3) is 2.94. The Balaban J connectivity index is 1.41. The Morgan fingerprint density at radius 1 is 0.833 bits per heavy atom. The zero-order chi connectivity index (χ0) is 28.0. The summed E-state index contributed by atoms with van der Waals surface area (Å²) in [5, 5.41) is 12.0. The molecule has 0 radical (unpaired) electrons. The van der Waals surface area contributed by atoms with Crippen LogP contribution in [0.4, 0.5) is 0 Å². The molecule has 4 aromatic carbocycles. The maximum absolute atomic E-state index is 9.53. The summed E-state index contributed by atoms with van der Waals surface area (Å²) < 4.78 is 9.40. The lowest BCUT2D eigenvalue weighted by molar-refractivity contribution is 0.425. The average molecular weight is 543 g/mol. The number of aromatic nitrogens is 1. The standard InChI is InChI=1S/C39H30N2O/c1-24-9-8-12-29-27-10-2-4-13-31(27)39(38(24)29)32-14-5-7-16-36(32)42-37-21-30-28-11-3-6-15-34(28)41(35(30)22-33(37)39)26-19-17-25(23-40)18-20-26/h2-8,10-17,21-22,24,26H,9,18-20H2,1H3. The molecule has 4 aliphatic rings. The van der Waals surface area contributed by atoms with Crippen LogP contribution in [0.3, 0.4) is 0 Å². The highest BCUT2D eigenvalue weighted by molar-refractivity contribution is 6.09. The number of fused-ring (bicyclic) bond motifs is 11. The van der Waals surface area contributed by atoms with Gasteiger partial charge < -0.3 is 9.30 Å². The van der Waals surface area contributed by atoms with Crippen LogP contribution < -0.4 is 4.74 Å². The van der Waals surface area contributed by atoms with E-state index in [1.807, 2.05) is 0 Å². The Labute approximate surface area is 245 Å². The fraction of sp³-hybridized carbons (Fsp3) is 0.205. The van der Waals surface area contributed by atoms with Gasteiger partial charge >= 0.3 is 0 Å². The minimum absolute atomic E-state index is 0.303. The lowest BCUT2D eigenvalue weighted by atomic mass is 9.62. The van der Waals surface area contributed by atoms with Crippen molar-refractivity contribution in [3.63, 3.8) is 0 Å². The van der Waals surface area contributed by atoms with Crippen molar-refractivity contribution in [2.75, 3.05) is 0 Å². The molecule has 0 N–H and O–H groups in total. The summed E-state index contributed by atoms with van der Waals surface area (Å²) in [4.78, 5) is 0. The molecule has 0 fully saturated rings. The van der Waals surface area contributed by atoms with Gasteiger partial charge in [0.15, 0.2) is 0 Å². The average Bonchev–Trinajstić information content (AvgIpc) is 3.52. The molecule has 3 aliphatic carbocycles. The molecule has 0 amide bonds. The first-order valence-electron chi connectivity index (χ1n) is 15.1. The van der Waals surface area contributed by atoms with Crippen LogP contribution >= 0.6 is 0 Å². The van der Waals surface area contributed by atoms with Gasteiger partial charge in [0.25, 0.3) is 0 Å². The van der Waals surface area contributed by atoms with E-state index in [1.54, 1.807) is 0 Å². The molecule has 3 nitrogen and oxygen atoms in total. The number of allylic oxidation sites excluding steroid dienone is 6. The van der Waals surface area contributed by atoms with Crippen LogP contribution in [-0.2, 0) is 5.41 Å². The highest BCUT2D eigenvalue weighted by Gasteiger charge is 2.53. The van der Waals surface area contributed by atoms with Crippen LogP contribution in [0.5, 0.6) is 11.5 Å². The van der Waals surface area contributed by atoms with Gasteiger partial charge in [0.1, 0.15) is 11.5 Å². The third-order valence-electron chi connectivity index (χ3n) is 10.2. The lowest BCUT2D eigenvalue weighted by Gasteiger charge is -2.43. The van der Waals surface area contributed by atoms with E-state index in [0.29, 0.717) is 12.0 Å². The minimum atomic E-state index is -0.420. The van der Waals surface area contributed by atoms with Gasteiger partial charge in [0, 0.05) is 44.5 Å². The largest absolute Gasteiger partial charge is 0.457 e. The summed E-state index contributed by atoms with van der Waals surface area (Å²) in [7, 11) is 0. The van der Waals surface area contributed by atoms with E-state index in [9.17, 15) is 5.26 Å². The predicted molar refractivity (Wildman–Crippen MR) is 169 cm³/mol. The first-order valence-corrected chi connectivity index (χ1v) is 15.1. The number of hydrogen-bond acceptors (Lipinski definition) is 2. The van der Waals surface area contributed by atoms with Gasteiger partial charge in [-0.05, 0) is 78.1 Å². The molecule has 5 aromatic rings. The molecule has 0 saturated heterocycles. The van der Waals surface area contributed by atoms with Crippen molar-refractivity contribution in [2.24, 2.45) is 5.92 Å². The molecule has 0 bridgehead atoms. The quantitative estimate of drug-likeness (QED) is 0.211. The minimum Gasteiger partial charge on any atom is -0.457 e. The maximum atomic E-state index is 9.53. The van der Waals surface area contributed by atoms with E-state index in [2.05, 4.69) is 121 Å². The molecule has 1 aliphatic heterocycles.